The van der Waals surface area contributed by atoms with Gasteiger partial charge in [-0.3, -0.25) is 4.79 Å². The lowest BCUT2D eigenvalue weighted by Gasteiger charge is -2.60. The maximum absolute atomic E-state index is 12.5. The van der Waals surface area contributed by atoms with Gasteiger partial charge in [0.25, 0.3) is 0 Å². The minimum atomic E-state index is -0.915. The van der Waals surface area contributed by atoms with Crippen molar-refractivity contribution in [1.29, 1.82) is 0 Å². The van der Waals surface area contributed by atoms with Gasteiger partial charge in [-0.15, -0.1) is 0 Å². The van der Waals surface area contributed by atoms with Gasteiger partial charge in [0.2, 0.25) is 5.91 Å². The van der Waals surface area contributed by atoms with E-state index in [1.807, 2.05) is 13.8 Å². The van der Waals surface area contributed by atoms with Crippen molar-refractivity contribution in [2.45, 2.75) is 124 Å². The number of hydrogen-bond donors (Lipinski definition) is 2. The third-order valence-electron chi connectivity index (χ3n) is 11.1. The number of carboxylic acid groups (broad SMARTS) is 1. The molecule has 1 amide bonds. The van der Waals surface area contributed by atoms with E-state index < -0.39 is 12.0 Å². The van der Waals surface area contributed by atoms with Crippen LogP contribution in [0, 0.1) is 46.3 Å². The first-order chi connectivity index (χ1) is 15.6. The SMILES string of the molecule is CC(C)CC(NC(=O)CCCC1CCC2C3CCC4CCCCC4(C)C3CCC12C)C(=O)O. The van der Waals surface area contributed by atoms with Gasteiger partial charge in [0.05, 0.1) is 0 Å². The number of aliphatic carboxylic acids is 1. The first-order valence-electron chi connectivity index (χ1n) is 14.2. The number of fused-ring (bicyclic) bond motifs is 5. The Morgan fingerprint density at radius 1 is 0.939 bits per heavy atom. The molecule has 0 aliphatic heterocycles. The van der Waals surface area contributed by atoms with E-state index in [4.69, 9.17) is 0 Å². The normalized spacial score (nSPS) is 41.1. The summed E-state index contributed by atoms with van der Waals surface area (Å²) in [6.07, 6.45) is 17.3. The van der Waals surface area contributed by atoms with Crippen LogP contribution in [-0.2, 0) is 9.59 Å². The molecule has 0 bridgehead atoms. The third-order valence-corrected chi connectivity index (χ3v) is 11.1. The van der Waals surface area contributed by atoms with Crippen LogP contribution in [0.5, 0.6) is 0 Å². The minimum absolute atomic E-state index is 0.0880. The van der Waals surface area contributed by atoms with E-state index in [0.29, 0.717) is 23.7 Å². The summed E-state index contributed by atoms with van der Waals surface area (Å²) >= 11 is 0. The van der Waals surface area contributed by atoms with Gasteiger partial charge in [0.1, 0.15) is 6.04 Å². The molecular formula is C29H49NO3. The second-order valence-corrected chi connectivity index (χ2v) is 13.2. The summed E-state index contributed by atoms with van der Waals surface area (Å²) in [5.41, 5.74) is 1.06. The highest BCUT2D eigenvalue weighted by Crippen LogP contribution is 2.67. The molecular weight excluding hydrogens is 410 g/mol. The average molecular weight is 460 g/mol. The Hall–Kier alpha value is -1.06. The summed E-state index contributed by atoms with van der Waals surface area (Å²) in [5.74, 6) is 3.74. The quantitative estimate of drug-likeness (QED) is 0.418. The first-order valence-corrected chi connectivity index (χ1v) is 14.2. The second-order valence-electron chi connectivity index (χ2n) is 13.2. The number of carboxylic acids is 1. The van der Waals surface area contributed by atoms with Gasteiger partial charge in [0.15, 0.2) is 0 Å². The molecule has 4 heteroatoms. The maximum atomic E-state index is 12.5. The van der Waals surface area contributed by atoms with Crippen LogP contribution in [0.3, 0.4) is 0 Å². The number of nitrogens with one attached hydrogen (secondary N) is 1. The van der Waals surface area contributed by atoms with Crippen molar-refractivity contribution in [2.24, 2.45) is 46.3 Å². The van der Waals surface area contributed by atoms with Gasteiger partial charge < -0.3 is 10.4 Å². The van der Waals surface area contributed by atoms with Gasteiger partial charge in [-0.05, 0) is 117 Å². The average Bonchev–Trinajstić information content (AvgIpc) is 3.09. The molecule has 8 atom stereocenters. The zero-order valence-electron chi connectivity index (χ0n) is 21.7. The second kappa shape index (κ2) is 9.90. The van der Waals surface area contributed by atoms with Crippen molar-refractivity contribution in [3.8, 4) is 0 Å². The number of rotatable bonds is 8. The van der Waals surface area contributed by atoms with E-state index >= 15 is 0 Å². The molecule has 0 aromatic carbocycles. The molecule has 2 N–H and O–H groups in total. The fourth-order valence-electron chi connectivity index (χ4n) is 9.35. The van der Waals surface area contributed by atoms with Crippen molar-refractivity contribution >= 4 is 11.9 Å². The van der Waals surface area contributed by atoms with Crippen LogP contribution in [0.1, 0.15) is 118 Å². The fraction of sp³-hybridized carbons (Fsp3) is 0.931. The molecule has 0 aromatic rings. The molecule has 4 aliphatic carbocycles. The lowest BCUT2D eigenvalue weighted by atomic mass is 9.45. The third kappa shape index (κ3) is 4.87. The largest absolute Gasteiger partial charge is 0.480 e. The summed E-state index contributed by atoms with van der Waals surface area (Å²) < 4.78 is 0. The van der Waals surface area contributed by atoms with Crippen LogP contribution in [0.25, 0.3) is 0 Å². The van der Waals surface area contributed by atoms with E-state index in [1.54, 1.807) is 0 Å². The number of amides is 1. The summed E-state index contributed by atoms with van der Waals surface area (Å²) in [7, 11) is 0. The van der Waals surface area contributed by atoms with Gasteiger partial charge in [-0.25, -0.2) is 4.79 Å². The molecule has 188 valence electrons. The van der Waals surface area contributed by atoms with Crippen LogP contribution in [0.2, 0.25) is 0 Å². The standard InChI is InChI=1S/C29H49NO3/c1-19(2)18-25(27(32)33)30-26(31)10-7-9-21-12-14-23-22-13-11-20-8-5-6-16-28(20,3)24(22)15-17-29(21,23)4/h19-25H,5-18H2,1-4H3,(H,30,31)(H,32,33). The first kappa shape index (κ1) is 25.0. The van der Waals surface area contributed by atoms with Crippen LogP contribution in [0.15, 0.2) is 0 Å². The zero-order valence-corrected chi connectivity index (χ0v) is 21.7. The van der Waals surface area contributed by atoms with Crippen LogP contribution < -0.4 is 5.32 Å². The van der Waals surface area contributed by atoms with Crippen molar-refractivity contribution in [3.63, 3.8) is 0 Å². The molecule has 0 radical (unpaired) electrons. The lowest BCUT2D eigenvalue weighted by Crippen LogP contribution is -2.52. The number of carbonyl (C=O) groups excluding carboxylic acids is 1. The molecule has 0 heterocycles. The highest BCUT2D eigenvalue weighted by atomic mass is 16.4. The Kier molecular flexibility index (Phi) is 7.51. The van der Waals surface area contributed by atoms with Crippen molar-refractivity contribution in [2.75, 3.05) is 0 Å². The van der Waals surface area contributed by atoms with Crippen molar-refractivity contribution in [1.82, 2.24) is 5.32 Å². The molecule has 0 saturated heterocycles. The highest BCUT2D eigenvalue weighted by molar-refractivity contribution is 5.83. The van der Waals surface area contributed by atoms with E-state index in [9.17, 15) is 14.7 Å². The van der Waals surface area contributed by atoms with Gasteiger partial charge in [-0.1, -0.05) is 40.5 Å². The summed E-state index contributed by atoms with van der Waals surface area (Å²) in [6, 6.07) is -0.752. The molecule has 4 nitrogen and oxygen atoms in total. The summed E-state index contributed by atoms with van der Waals surface area (Å²) in [5, 5.41) is 12.2. The van der Waals surface area contributed by atoms with Crippen molar-refractivity contribution in [3.05, 3.63) is 0 Å². The molecule has 0 aromatic heterocycles. The predicted molar refractivity (Wildman–Crippen MR) is 133 cm³/mol. The number of carbonyl (C=O) groups is 2. The molecule has 8 unspecified atom stereocenters. The Labute approximate surface area is 202 Å². The highest BCUT2D eigenvalue weighted by Gasteiger charge is 2.59. The fourth-order valence-corrected chi connectivity index (χ4v) is 9.35. The summed E-state index contributed by atoms with van der Waals surface area (Å²) in [4.78, 5) is 23.9. The molecule has 4 rings (SSSR count). The van der Waals surface area contributed by atoms with E-state index in [-0.39, 0.29) is 11.8 Å². The Morgan fingerprint density at radius 2 is 1.70 bits per heavy atom. The Morgan fingerprint density at radius 3 is 2.42 bits per heavy atom. The van der Waals surface area contributed by atoms with Crippen LogP contribution in [-0.4, -0.2) is 23.0 Å². The topological polar surface area (TPSA) is 66.4 Å². The summed E-state index contributed by atoms with van der Waals surface area (Å²) in [6.45, 7) is 9.24. The molecule has 0 spiro atoms. The Bertz CT molecular complexity index is 720. The lowest BCUT2D eigenvalue weighted by molar-refractivity contribution is -0.142. The Balaban J connectivity index is 1.31. The van der Waals surface area contributed by atoms with Gasteiger partial charge >= 0.3 is 5.97 Å². The number of hydrogen-bond acceptors (Lipinski definition) is 2. The minimum Gasteiger partial charge on any atom is -0.480 e. The molecule has 4 fully saturated rings. The van der Waals surface area contributed by atoms with Crippen LogP contribution >= 0.6 is 0 Å². The molecule has 33 heavy (non-hydrogen) atoms. The zero-order chi connectivity index (χ0) is 23.8. The van der Waals surface area contributed by atoms with E-state index in [0.717, 1.165) is 42.4 Å². The molecule has 4 saturated carbocycles. The van der Waals surface area contributed by atoms with Crippen molar-refractivity contribution < 1.29 is 14.7 Å². The van der Waals surface area contributed by atoms with Gasteiger partial charge in [0, 0.05) is 6.42 Å². The molecule has 4 aliphatic rings. The van der Waals surface area contributed by atoms with Gasteiger partial charge in [-0.2, -0.15) is 0 Å². The van der Waals surface area contributed by atoms with Crippen LogP contribution in [0.4, 0.5) is 0 Å². The van der Waals surface area contributed by atoms with E-state index in [2.05, 4.69) is 19.2 Å². The van der Waals surface area contributed by atoms with E-state index in [1.165, 1.54) is 64.2 Å². The monoisotopic (exact) mass is 459 g/mol. The smallest absolute Gasteiger partial charge is 0.326 e. The predicted octanol–water partition coefficient (Wildman–Crippen LogP) is 6.82. The maximum Gasteiger partial charge on any atom is 0.326 e.